The fourth-order valence-corrected chi connectivity index (χ4v) is 1.83. The lowest BCUT2D eigenvalue weighted by Gasteiger charge is -2.43. The van der Waals surface area contributed by atoms with E-state index in [-0.39, 0.29) is 0 Å². The van der Waals surface area contributed by atoms with Crippen LogP contribution in [0, 0.1) is 0 Å². The Morgan fingerprint density at radius 3 is 1.15 bits per heavy atom. The molecule has 0 heterocycles. The Labute approximate surface area is 137 Å². The van der Waals surface area contributed by atoms with Crippen molar-refractivity contribution in [1.29, 1.82) is 0 Å². The second kappa shape index (κ2) is 6.41. The Bertz CT molecular complexity index is 493. The smallest absolute Gasteiger partial charge is 0.327 e. The normalized spacial score (nSPS) is 19.3. The molecule has 17 heteroatoms. The molecule has 26 heavy (non-hydrogen) atoms. The molecule has 2 atom stereocenters. The third kappa shape index (κ3) is 3.28. The topological polar surface area (TPSA) is 20.2 Å². The Hall–Kier alpha value is -0.740. The number of alkyl halides is 15. The van der Waals surface area contributed by atoms with Gasteiger partial charge in [-0.1, -0.05) is 0 Å². The van der Waals surface area contributed by atoms with Gasteiger partial charge >= 0.3 is 35.8 Å². The van der Waals surface area contributed by atoms with Gasteiger partial charge in [0, 0.05) is 19.0 Å². The van der Waals surface area contributed by atoms with Crippen LogP contribution in [0.2, 0.25) is 0 Å². The molecule has 158 valence electrons. The molecule has 0 aromatic rings. The van der Waals surface area contributed by atoms with Crippen molar-refractivity contribution in [2.75, 3.05) is 0 Å². The van der Waals surface area contributed by atoms with Crippen LogP contribution in [-0.4, -0.2) is 51.5 Å². The molecule has 1 nitrogen and oxygen atoms in total. The molecule has 0 fully saturated rings. The summed E-state index contributed by atoms with van der Waals surface area (Å²) in [5, 5.41) is -6.70. The van der Waals surface area contributed by atoms with Crippen molar-refractivity contribution in [3.8, 4) is 0 Å². The third-order valence-electron chi connectivity index (χ3n) is 2.91. The highest BCUT2D eigenvalue weighted by Crippen LogP contribution is 2.63. The summed E-state index contributed by atoms with van der Waals surface area (Å²) >= 11 is -2.68. The van der Waals surface area contributed by atoms with Crippen LogP contribution in [0.4, 0.5) is 65.9 Å². The van der Waals surface area contributed by atoms with E-state index in [0.29, 0.717) is 0 Å². The maximum atomic E-state index is 13.5. The molecule has 0 aliphatic heterocycles. The zero-order chi connectivity index (χ0) is 21.8. The van der Waals surface area contributed by atoms with Crippen molar-refractivity contribution >= 4 is 12.0 Å². The number of hydrogen-bond acceptors (Lipinski definition) is 2. The lowest BCUT2D eigenvalue weighted by molar-refractivity contribution is -0.412. The molecule has 1 N–H and O–H groups in total. The van der Waals surface area contributed by atoms with Crippen molar-refractivity contribution in [2.24, 2.45) is 0 Å². The van der Waals surface area contributed by atoms with Gasteiger partial charge in [-0.15, -0.1) is 0 Å². The van der Waals surface area contributed by atoms with Crippen molar-refractivity contribution in [3.63, 3.8) is 0 Å². The fraction of sp³-hybridized carbons (Fsp3) is 1.00. The number of halogens is 15. The SMILES string of the molecule is CC(F)(F)C(F)(F)C(F)(F)C(F)(F)C(F)(F)C(F)(SO)C(F)C(F)(F)F. The maximum absolute atomic E-state index is 13.5. The minimum atomic E-state index is -8.02. The largest absolute Gasteiger partial charge is 0.424 e. The zero-order valence-corrected chi connectivity index (χ0v) is 12.4. The first kappa shape index (κ1) is 25.3. The van der Waals surface area contributed by atoms with Crippen LogP contribution in [0.25, 0.3) is 0 Å². The summed E-state index contributed by atoms with van der Waals surface area (Å²) in [4.78, 5) is 0. The van der Waals surface area contributed by atoms with E-state index in [4.69, 9.17) is 4.55 Å². The highest BCUT2D eigenvalue weighted by atomic mass is 32.2. The van der Waals surface area contributed by atoms with Gasteiger partial charge in [-0.05, 0) is 0 Å². The van der Waals surface area contributed by atoms with Gasteiger partial charge in [-0.2, -0.15) is 57.1 Å². The van der Waals surface area contributed by atoms with Gasteiger partial charge in [-0.25, -0.2) is 8.78 Å². The summed E-state index contributed by atoms with van der Waals surface area (Å²) in [6, 6.07) is 0. The van der Waals surface area contributed by atoms with Gasteiger partial charge in [0.05, 0.1) is 0 Å². The predicted molar refractivity (Wildman–Crippen MR) is 55.4 cm³/mol. The summed E-state index contributed by atoms with van der Waals surface area (Å²) in [6.45, 7) is -1.13. The van der Waals surface area contributed by atoms with E-state index < -0.39 is 65.9 Å². The van der Waals surface area contributed by atoms with Crippen LogP contribution in [0.5, 0.6) is 0 Å². The van der Waals surface area contributed by atoms with E-state index in [2.05, 4.69) is 0 Å². The van der Waals surface area contributed by atoms with Crippen LogP contribution in [0.3, 0.4) is 0 Å². The molecule has 0 saturated heterocycles. The standard InChI is InChI=1S/C9H5F15OS/c1-3(11,12)6(17,18)8(21,22)9(23,24)7(19,20)4(13,26-25)2(10)5(14,15)16/h2,25H,1H3. The minimum Gasteiger partial charge on any atom is -0.327 e. The van der Waals surface area contributed by atoms with Gasteiger partial charge in [-0.3, -0.25) is 0 Å². The van der Waals surface area contributed by atoms with Crippen LogP contribution < -0.4 is 0 Å². The van der Waals surface area contributed by atoms with Gasteiger partial charge < -0.3 is 4.55 Å². The number of rotatable bonds is 7. The van der Waals surface area contributed by atoms with E-state index in [1.54, 1.807) is 0 Å². The Kier molecular flexibility index (Phi) is 6.23. The summed E-state index contributed by atoms with van der Waals surface area (Å²) in [5.41, 5.74) is 0. The molecule has 0 bridgehead atoms. The lowest BCUT2D eigenvalue weighted by atomic mass is 9.91. The van der Waals surface area contributed by atoms with Gasteiger partial charge in [0.1, 0.15) is 0 Å². The van der Waals surface area contributed by atoms with Crippen LogP contribution in [0.1, 0.15) is 6.92 Å². The van der Waals surface area contributed by atoms with Gasteiger partial charge in [0.2, 0.25) is 6.17 Å². The number of hydrogen-bond donors (Lipinski definition) is 1. The molecule has 0 amide bonds. The Morgan fingerprint density at radius 1 is 0.615 bits per heavy atom. The van der Waals surface area contributed by atoms with Crippen molar-refractivity contribution < 1.29 is 70.4 Å². The van der Waals surface area contributed by atoms with E-state index in [1.165, 1.54) is 0 Å². The predicted octanol–water partition coefficient (Wildman–Crippen LogP) is 5.96. The zero-order valence-electron chi connectivity index (χ0n) is 11.6. The molecule has 0 aromatic carbocycles. The van der Waals surface area contributed by atoms with E-state index in [0.717, 1.165) is 0 Å². The van der Waals surface area contributed by atoms with Gasteiger partial charge in [0.15, 0.2) is 0 Å². The van der Waals surface area contributed by atoms with E-state index >= 15 is 0 Å². The van der Waals surface area contributed by atoms with Crippen molar-refractivity contribution in [1.82, 2.24) is 0 Å². The molecule has 0 saturated carbocycles. The van der Waals surface area contributed by atoms with Gasteiger partial charge in [0.25, 0.3) is 5.00 Å². The van der Waals surface area contributed by atoms with E-state index in [9.17, 15) is 65.9 Å². The molecule has 0 aromatic heterocycles. The van der Waals surface area contributed by atoms with Crippen LogP contribution in [0.15, 0.2) is 0 Å². The van der Waals surface area contributed by atoms with Crippen molar-refractivity contribution in [2.45, 2.75) is 53.9 Å². The average molecular weight is 446 g/mol. The summed E-state index contributed by atoms with van der Waals surface area (Å²) in [7, 11) is 0. The summed E-state index contributed by atoms with van der Waals surface area (Å²) in [6.07, 6.45) is -12.6. The Balaban J connectivity index is 6.57. The summed E-state index contributed by atoms with van der Waals surface area (Å²) in [5.74, 6) is -37.2. The third-order valence-corrected chi connectivity index (χ3v) is 3.64. The first-order chi connectivity index (χ1) is 11.0. The molecular formula is C9H5F15OS. The monoisotopic (exact) mass is 446 g/mol. The molecule has 0 radical (unpaired) electrons. The fourth-order valence-electron chi connectivity index (χ4n) is 1.36. The Morgan fingerprint density at radius 2 is 0.923 bits per heavy atom. The molecule has 0 aliphatic carbocycles. The lowest BCUT2D eigenvalue weighted by Crippen LogP contribution is -2.72. The van der Waals surface area contributed by atoms with Crippen molar-refractivity contribution in [3.05, 3.63) is 0 Å². The average Bonchev–Trinajstić information content (AvgIpc) is 2.42. The molecule has 0 rings (SSSR count). The minimum absolute atomic E-state index is 1.13. The highest BCUT2D eigenvalue weighted by molar-refractivity contribution is 7.95. The highest BCUT2D eigenvalue weighted by Gasteiger charge is 2.91. The second-order valence-corrected chi connectivity index (χ2v) is 5.60. The van der Waals surface area contributed by atoms with E-state index in [1.807, 2.05) is 0 Å². The molecule has 0 spiro atoms. The first-order valence-corrected chi connectivity index (χ1v) is 6.35. The molecule has 2 unspecified atom stereocenters. The van der Waals surface area contributed by atoms with Crippen LogP contribution >= 0.6 is 12.0 Å². The molecular weight excluding hydrogens is 441 g/mol. The summed E-state index contributed by atoms with van der Waals surface area (Å²) < 4.78 is 200. The maximum Gasteiger partial charge on any atom is 0.424 e. The second-order valence-electron chi connectivity index (χ2n) is 4.83. The van der Waals surface area contributed by atoms with Crippen LogP contribution in [-0.2, 0) is 0 Å². The first-order valence-electron chi connectivity index (χ1n) is 5.58. The molecule has 0 aliphatic rings. The quantitative estimate of drug-likeness (QED) is 0.385.